The van der Waals surface area contributed by atoms with Gasteiger partial charge in [0.15, 0.2) is 0 Å². The van der Waals surface area contributed by atoms with Crippen molar-refractivity contribution in [2.45, 2.75) is 13.8 Å². The molecule has 0 saturated heterocycles. The number of amides is 4. The normalized spacial score (nSPS) is 10.1. The first-order valence-corrected chi connectivity index (χ1v) is 8.06. The molecule has 0 spiro atoms. The Morgan fingerprint density at radius 2 is 1.65 bits per heavy atom. The van der Waals surface area contributed by atoms with Crippen LogP contribution in [-0.4, -0.2) is 36.3 Å². The van der Waals surface area contributed by atoms with Crippen LogP contribution >= 0.6 is 0 Å². The molecule has 2 rings (SSSR count). The molecule has 0 saturated carbocycles. The molecule has 7 heteroatoms. The van der Waals surface area contributed by atoms with Crippen molar-refractivity contribution >= 4 is 29.2 Å². The summed E-state index contributed by atoms with van der Waals surface area (Å²) >= 11 is 0. The number of nitrogens with zero attached hydrogens (tertiary/aromatic N) is 1. The Morgan fingerprint density at radius 1 is 1.00 bits per heavy atom. The first-order chi connectivity index (χ1) is 12.3. The molecule has 0 aliphatic rings. The van der Waals surface area contributed by atoms with E-state index in [-0.39, 0.29) is 18.4 Å². The summed E-state index contributed by atoms with van der Waals surface area (Å²) in [6.45, 7) is 3.83. The maximum Gasteiger partial charge on any atom is 0.316 e. The van der Waals surface area contributed by atoms with E-state index >= 15 is 0 Å². The Balaban J connectivity index is 1.98. The lowest BCUT2D eigenvalue weighted by atomic mass is 10.1. The van der Waals surface area contributed by atoms with E-state index in [0.29, 0.717) is 11.3 Å². The topological polar surface area (TPSA) is 105 Å². The van der Waals surface area contributed by atoms with Gasteiger partial charge in [-0.2, -0.15) is 0 Å². The van der Waals surface area contributed by atoms with Crippen LogP contribution in [0.3, 0.4) is 0 Å². The Labute approximate surface area is 152 Å². The smallest absolute Gasteiger partial charge is 0.316 e. The first kappa shape index (κ1) is 19.0. The maximum atomic E-state index is 12.4. The van der Waals surface area contributed by atoms with Crippen molar-refractivity contribution < 1.29 is 14.4 Å². The van der Waals surface area contributed by atoms with Crippen LogP contribution in [0.5, 0.6) is 0 Å². The van der Waals surface area contributed by atoms with E-state index in [1.54, 1.807) is 31.3 Å². The molecule has 7 nitrogen and oxygen atoms in total. The summed E-state index contributed by atoms with van der Waals surface area (Å²) in [7, 11) is 1.56. The lowest BCUT2D eigenvalue weighted by molar-refractivity contribution is -0.116. The van der Waals surface area contributed by atoms with Gasteiger partial charge < -0.3 is 21.3 Å². The van der Waals surface area contributed by atoms with Crippen molar-refractivity contribution in [1.82, 2.24) is 4.90 Å². The Morgan fingerprint density at radius 3 is 2.27 bits per heavy atom. The third-order valence-electron chi connectivity index (χ3n) is 4.01. The number of aryl methyl sites for hydroxylation is 1. The number of carbonyl (C=O) groups excluding carboxylic acids is 3. The zero-order valence-electron chi connectivity index (χ0n) is 15.0. The fourth-order valence-electron chi connectivity index (χ4n) is 2.42. The van der Waals surface area contributed by atoms with Gasteiger partial charge in [-0.15, -0.1) is 0 Å². The molecule has 0 fully saturated rings. The van der Waals surface area contributed by atoms with Crippen molar-refractivity contribution in [2.75, 3.05) is 24.2 Å². The summed E-state index contributed by atoms with van der Waals surface area (Å²) < 4.78 is 0. The SMILES string of the molecule is Cc1cccc(NC(=O)CN(C)C(=O)c2ccc(NC(N)=O)cc2)c1C. The third-order valence-corrected chi connectivity index (χ3v) is 4.01. The van der Waals surface area contributed by atoms with Crippen LogP contribution in [0.25, 0.3) is 0 Å². The monoisotopic (exact) mass is 354 g/mol. The molecule has 2 aromatic carbocycles. The summed E-state index contributed by atoms with van der Waals surface area (Å²) in [4.78, 5) is 36.8. The number of primary amides is 1. The number of hydrogen-bond donors (Lipinski definition) is 3. The zero-order chi connectivity index (χ0) is 19.3. The minimum absolute atomic E-state index is 0.0759. The highest BCUT2D eigenvalue weighted by molar-refractivity contribution is 6.00. The van der Waals surface area contributed by atoms with Gasteiger partial charge in [0.1, 0.15) is 0 Å². The largest absolute Gasteiger partial charge is 0.351 e. The minimum atomic E-state index is -0.677. The number of carbonyl (C=O) groups is 3. The molecule has 2 aromatic rings. The Kier molecular flexibility index (Phi) is 5.95. The van der Waals surface area contributed by atoms with E-state index in [9.17, 15) is 14.4 Å². The average Bonchev–Trinajstić information content (AvgIpc) is 2.58. The molecule has 0 aliphatic carbocycles. The lowest BCUT2D eigenvalue weighted by Crippen LogP contribution is -2.35. The van der Waals surface area contributed by atoms with Gasteiger partial charge in [-0.25, -0.2) is 4.79 Å². The van der Waals surface area contributed by atoms with Crippen LogP contribution in [0.15, 0.2) is 42.5 Å². The van der Waals surface area contributed by atoms with E-state index in [4.69, 9.17) is 5.73 Å². The molecular weight excluding hydrogens is 332 g/mol. The van der Waals surface area contributed by atoms with Gasteiger partial charge in [0, 0.05) is 24.0 Å². The second kappa shape index (κ2) is 8.15. The summed E-state index contributed by atoms with van der Waals surface area (Å²) in [5.41, 5.74) is 8.74. The van der Waals surface area contributed by atoms with Crippen LogP contribution in [0.1, 0.15) is 21.5 Å². The molecular formula is C19H22N4O3. The predicted molar refractivity (Wildman–Crippen MR) is 101 cm³/mol. The number of benzene rings is 2. The fraction of sp³-hybridized carbons (Fsp3) is 0.211. The van der Waals surface area contributed by atoms with Crippen LogP contribution < -0.4 is 16.4 Å². The second-order valence-electron chi connectivity index (χ2n) is 6.02. The van der Waals surface area contributed by atoms with E-state index < -0.39 is 6.03 Å². The van der Waals surface area contributed by atoms with Gasteiger partial charge >= 0.3 is 6.03 Å². The van der Waals surface area contributed by atoms with Crippen LogP contribution in [-0.2, 0) is 4.79 Å². The zero-order valence-corrected chi connectivity index (χ0v) is 15.0. The Bertz CT molecular complexity index is 831. The second-order valence-corrected chi connectivity index (χ2v) is 6.02. The quantitative estimate of drug-likeness (QED) is 0.768. The van der Waals surface area contributed by atoms with Crippen LogP contribution in [0, 0.1) is 13.8 Å². The van der Waals surface area contributed by atoms with Gasteiger partial charge in [0.05, 0.1) is 6.54 Å². The van der Waals surface area contributed by atoms with E-state index in [2.05, 4.69) is 10.6 Å². The molecule has 136 valence electrons. The number of anilines is 2. The first-order valence-electron chi connectivity index (χ1n) is 8.06. The lowest BCUT2D eigenvalue weighted by Gasteiger charge is -2.18. The summed E-state index contributed by atoms with van der Waals surface area (Å²) in [5.74, 6) is -0.576. The van der Waals surface area contributed by atoms with E-state index in [1.165, 1.54) is 4.90 Å². The Hall–Kier alpha value is -3.35. The summed E-state index contributed by atoms with van der Waals surface area (Å²) in [6.07, 6.45) is 0. The molecule has 0 aromatic heterocycles. The predicted octanol–water partition coefficient (Wildman–Crippen LogP) is 2.50. The maximum absolute atomic E-state index is 12.4. The molecule has 4 amide bonds. The fourth-order valence-corrected chi connectivity index (χ4v) is 2.42. The molecule has 0 radical (unpaired) electrons. The highest BCUT2D eigenvalue weighted by Crippen LogP contribution is 2.18. The molecule has 0 bridgehead atoms. The molecule has 0 heterocycles. The molecule has 26 heavy (non-hydrogen) atoms. The van der Waals surface area contributed by atoms with Gasteiger partial charge in [-0.05, 0) is 55.3 Å². The van der Waals surface area contributed by atoms with E-state index in [1.807, 2.05) is 32.0 Å². The van der Waals surface area contributed by atoms with Crippen LogP contribution in [0.2, 0.25) is 0 Å². The summed E-state index contributed by atoms with van der Waals surface area (Å²) in [5, 5.41) is 5.24. The van der Waals surface area contributed by atoms with Crippen molar-refractivity contribution in [3.8, 4) is 0 Å². The molecule has 4 N–H and O–H groups in total. The number of likely N-dealkylation sites (N-methyl/N-ethyl adjacent to an activating group) is 1. The van der Waals surface area contributed by atoms with Crippen LogP contribution in [0.4, 0.5) is 16.2 Å². The van der Waals surface area contributed by atoms with Gasteiger partial charge in [-0.1, -0.05) is 12.1 Å². The van der Waals surface area contributed by atoms with Crippen molar-refractivity contribution in [3.05, 3.63) is 59.2 Å². The highest BCUT2D eigenvalue weighted by Gasteiger charge is 2.16. The van der Waals surface area contributed by atoms with Crippen molar-refractivity contribution in [2.24, 2.45) is 5.73 Å². The van der Waals surface area contributed by atoms with Gasteiger partial charge in [0.25, 0.3) is 5.91 Å². The summed E-state index contributed by atoms with van der Waals surface area (Å²) in [6, 6.07) is 11.3. The van der Waals surface area contributed by atoms with E-state index in [0.717, 1.165) is 16.8 Å². The molecule has 0 atom stereocenters. The minimum Gasteiger partial charge on any atom is -0.351 e. The number of nitrogens with one attached hydrogen (secondary N) is 2. The standard InChI is InChI=1S/C19H22N4O3/c1-12-5-4-6-16(13(12)2)22-17(24)11-23(3)18(25)14-7-9-15(10-8-14)21-19(20)26/h4-10H,11H2,1-3H3,(H,22,24)(H3,20,21,26). The number of urea groups is 1. The van der Waals surface area contributed by atoms with Crippen molar-refractivity contribution in [3.63, 3.8) is 0 Å². The molecule has 0 unspecified atom stereocenters. The van der Waals surface area contributed by atoms with Crippen molar-refractivity contribution in [1.29, 1.82) is 0 Å². The van der Waals surface area contributed by atoms with Gasteiger partial charge in [-0.3, -0.25) is 9.59 Å². The third kappa shape index (κ3) is 4.83. The van der Waals surface area contributed by atoms with Gasteiger partial charge in [0.2, 0.25) is 5.91 Å². The number of nitrogens with two attached hydrogens (primary N) is 1. The molecule has 0 aliphatic heterocycles. The average molecular weight is 354 g/mol. The number of rotatable bonds is 5. The highest BCUT2D eigenvalue weighted by atomic mass is 16.2. The number of hydrogen-bond acceptors (Lipinski definition) is 3.